The van der Waals surface area contributed by atoms with Crippen molar-refractivity contribution in [2.24, 2.45) is 0 Å². The summed E-state index contributed by atoms with van der Waals surface area (Å²) in [5.41, 5.74) is 3.76. The van der Waals surface area contributed by atoms with E-state index in [1.807, 2.05) is 41.0 Å². The smallest absolute Gasteiger partial charge is 0.278 e. The number of fused-ring (bicyclic) bond motifs is 5. The largest absolute Gasteiger partial charge is 0.352 e. The topological polar surface area (TPSA) is 65.1 Å². The second-order valence-corrected chi connectivity index (χ2v) is 9.44. The molecule has 148 valence electrons. The fourth-order valence-corrected chi connectivity index (χ4v) is 5.79. The molecule has 1 aliphatic carbocycles. The van der Waals surface area contributed by atoms with Crippen molar-refractivity contribution in [1.29, 1.82) is 0 Å². The van der Waals surface area contributed by atoms with Crippen LogP contribution in [0.5, 0.6) is 0 Å². The van der Waals surface area contributed by atoms with Gasteiger partial charge in [0.2, 0.25) is 0 Å². The molecule has 4 heterocycles. The molecular formula is C22H16BrN5OS. The maximum atomic E-state index is 13.5. The third-order valence-electron chi connectivity index (χ3n) is 5.58. The summed E-state index contributed by atoms with van der Waals surface area (Å²) >= 11 is 5.21. The van der Waals surface area contributed by atoms with Crippen molar-refractivity contribution in [3.05, 3.63) is 79.8 Å². The van der Waals surface area contributed by atoms with Gasteiger partial charge in [-0.05, 0) is 54.7 Å². The van der Waals surface area contributed by atoms with Crippen molar-refractivity contribution in [3.8, 4) is 11.4 Å². The molecule has 5 aromatic rings. The normalized spacial score (nSPS) is 13.4. The fraction of sp³-hybridized carbons (Fsp3) is 0.182. The highest BCUT2D eigenvalue weighted by atomic mass is 79.9. The minimum Gasteiger partial charge on any atom is -0.278 e. The lowest BCUT2D eigenvalue weighted by Crippen LogP contribution is -2.28. The van der Waals surface area contributed by atoms with E-state index in [-0.39, 0.29) is 5.69 Å². The highest BCUT2D eigenvalue weighted by molar-refractivity contribution is 9.10. The highest BCUT2D eigenvalue weighted by Crippen LogP contribution is 2.39. The molecule has 0 saturated heterocycles. The number of aromatic nitrogens is 5. The van der Waals surface area contributed by atoms with E-state index >= 15 is 0 Å². The summed E-state index contributed by atoms with van der Waals surface area (Å²) < 4.78 is 4.34. The van der Waals surface area contributed by atoms with Crippen LogP contribution in [0.2, 0.25) is 0 Å². The van der Waals surface area contributed by atoms with Crippen molar-refractivity contribution in [2.75, 3.05) is 0 Å². The molecule has 8 heteroatoms. The molecule has 0 amide bonds. The van der Waals surface area contributed by atoms with Gasteiger partial charge in [0.25, 0.3) is 0 Å². The Morgan fingerprint density at radius 2 is 1.87 bits per heavy atom. The van der Waals surface area contributed by atoms with Crippen LogP contribution in [-0.4, -0.2) is 24.1 Å². The van der Waals surface area contributed by atoms with Gasteiger partial charge >= 0.3 is 5.69 Å². The number of hydrogen-bond donors (Lipinski definition) is 0. The van der Waals surface area contributed by atoms with E-state index in [1.54, 1.807) is 23.7 Å². The lowest BCUT2D eigenvalue weighted by molar-refractivity contribution is 0.720. The van der Waals surface area contributed by atoms with Crippen LogP contribution < -0.4 is 5.69 Å². The summed E-state index contributed by atoms with van der Waals surface area (Å²) in [4.78, 5) is 24.7. The first kappa shape index (κ1) is 18.0. The van der Waals surface area contributed by atoms with Crippen LogP contribution >= 0.6 is 27.3 Å². The Labute approximate surface area is 184 Å². The van der Waals surface area contributed by atoms with E-state index in [0.717, 1.165) is 45.1 Å². The van der Waals surface area contributed by atoms with Crippen LogP contribution in [0, 0.1) is 0 Å². The van der Waals surface area contributed by atoms with Gasteiger partial charge in [0.15, 0.2) is 11.5 Å². The van der Waals surface area contributed by atoms with Gasteiger partial charge in [-0.1, -0.05) is 28.1 Å². The summed E-state index contributed by atoms with van der Waals surface area (Å²) in [6.45, 7) is 0.502. The third kappa shape index (κ3) is 2.74. The Bertz CT molecular complexity index is 1470. The molecule has 0 aliphatic heterocycles. The number of halogens is 1. The number of benzene rings is 1. The molecule has 4 aromatic heterocycles. The number of aryl methyl sites for hydroxylation is 2. The zero-order valence-corrected chi connectivity index (χ0v) is 18.3. The van der Waals surface area contributed by atoms with Crippen molar-refractivity contribution in [1.82, 2.24) is 24.1 Å². The van der Waals surface area contributed by atoms with E-state index in [1.165, 1.54) is 15.0 Å². The predicted molar refractivity (Wildman–Crippen MR) is 121 cm³/mol. The Hall–Kier alpha value is -2.84. The Kier molecular flexibility index (Phi) is 4.10. The average molecular weight is 478 g/mol. The van der Waals surface area contributed by atoms with Crippen molar-refractivity contribution in [3.63, 3.8) is 0 Å². The molecule has 0 fully saturated rings. The first-order valence-electron chi connectivity index (χ1n) is 9.78. The number of pyridine rings is 1. The summed E-state index contributed by atoms with van der Waals surface area (Å²) in [7, 11) is 0. The second kappa shape index (κ2) is 6.85. The summed E-state index contributed by atoms with van der Waals surface area (Å²) in [6, 6.07) is 11.8. The van der Waals surface area contributed by atoms with Gasteiger partial charge in [0.1, 0.15) is 4.83 Å². The zero-order chi connectivity index (χ0) is 20.2. The van der Waals surface area contributed by atoms with Gasteiger partial charge in [-0.2, -0.15) is 4.52 Å². The number of hydrogen-bond acceptors (Lipinski definition) is 5. The molecule has 0 N–H and O–H groups in total. The maximum absolute atomic E-state index is 13.5. The number of rotatable bonds is 3. The van der Waals surface area contributed by atoms with Crippen LogP contribution in [0.15, 0.2) is 58.1 Å². The zero-order valence-electron chi connectivity index (χ0n) is 15.9. The van der Waals surface area contributed by atoms with Gasteiger partial charge in [-0.3, -0.25) is 9.55 Å². The van der Waals surface area contributed by atoms with Gasteiger partial charge < -0.3 is 0 Å². The first-order valence-corrected chi connectivity index (χ1v) is 11.4. The molecule has 0 atom stereocenters. The van der Waals surface area contributed by atoms with E-state index in [4.69, 9.17) is 4.98 Å². The minimum atomic E-state index is -0.159. The maximum Gasteiger partial charge on any atom is 0.352 e. The van der Waals surface area contributed by atoms with Gasteiger partial charge in [0, 0.05) is 27.3 Å². The first-order chi connectivity index (χ1) is 14.7. The molecule has 0 bridgehead atoms. The van der Waals surface area contributed by atoms with Crippen LogP contribution in [0.4, 0.5) is 0 Å². The van der Waals surface area contributed by atoms with Crippen LogP contribution in [-0.2, 0) is 19.4 Å². The molecule has 0 unspecified atom stereocenters. The van der Waals surface area contributed by atoms with Crippen molar-refractivity contribution in [2.45, 2.75) is 25.8 Å². The monoisotopic (exact) mass is 477 g/mol. The lowest BCUT2D eigenvalue weighted by atomic mass is 10.2. The quantitative estimate of drug-likeness (QED) is 0.384. The van der Waals surface area contributed by atoms with Crippen molar-refractivity contribution < 1.29 is 0 Å². The molecule has 6 nitrogen and oxygen atoms in total. The molecule has 1 aliphatic rings. The molecule has 0 radical (unpaired) electrons. The van der Waals surface area contributed by atoms with E-state index in [2.05, 4.69) is 26.0 Å². The molecular weight excluding hydrogens is 462 g/mol. The fourth-order valence-electron chi connectivity index (χ4n) is 4.15. The second-order valence-electron chi connectivity index (χ2n) is 7.44. The SMILES string of the molecule is O=c1n(Cc2ccc(Br)cc2)c2sc3c(c2c2nc(-c4ccncc4)nn12)CCC3. The predicted octanol–water partition coefficient (Wildman–Crippen LogP) is 4.47. The Morgan fingerprint density at radius 3 is 2.67 bits per heavy atom. The van der Waals surface area contributed by atoms with E-state index in [9.17, 15) is 4.79 Å². The summed E-state index contributed by atoms with van der Waals surface area (Å²) in [5, 5.41) is 5.68. The van der Waals surface area contributed by atoms with Crippen LogP contribution in [0.1, 0.15) is 22.4 Å². The van der Waals surface area contributed by atoms with Crippen LogP contribution in [0.25, 0.3) is 27.3 Å². The summed E-state index contributed by atoms with van der Waals surface area (Å²) in [6.07, 6.45) is 6.67. The van der Waals surface area contributed by atoms with Gasteiger partial charge in [-0.15, -0.1) is 16.4 Å². The lowest BCUT2D eigenvalue weighted by Gasteiger charge is -2.09. The molecule has 1 aromatic carbocycles. The Balaban J connectivity index is 1.64. The molecule has 30 heavy (non-hydrogen) atoms. The van der Waals surface area contributed by atoms with Gasteiger partial charge in [0.05, 0.1) is 11.9 Å². The summed E-state index contributed by atoms with van der Waals surface area (Å²) in [5.74, 6) is 0.551. The van der Waals surface area contributed by atoms with Gasteiger partial charge in [-0.25, -0.2) is 9.78 Å². The molecule has 0 saturated carbocycles. The highest BCUT2D eigenvalue weighted by Gasteiger charge is 2.25. The van der Waals surface area contributed by atoms with Crippen LogP contribution in [0.3, 0.4) is 0 Å². The minimum absolute atomic E-state index is 0.159. The Morgan fingerprint density at radius 1 is 1.07 bits per heavy atom. The number of thiophene rings is 1. The molecule has 6 rings (SSSR count). The standard InChI is InChI=1S/C22H16BrN5OS/c23-15-6-4-13(5-7-15)12-27-21-18(16-2-1-3-17(16)30-21)20-25-19(26-28(20)22(27)29)14-8-10-24-11-9-14/h4-11H,1-3,12H2. The van der Waals surface area contributed by atoms with E-state index in [0.29, 0.717) is 18.0 Å². The third-order valence-corrected chi connectivity index (χ3v) is 7.43. The van der Waals surface area contributed by atoms with E-state index < -0.39 is 0 Å². The number of nitrogens with zero attached hydrogens (tertiary/aromatic N) is 5. The molecule has 0 spiro atoms. The van der Waals surface area contributed by atoms with Crippen molar-refractivity contribution >= 4 is 43.1 Å². The average Bonchev–Trinajstić information content (AvgIpc) is 3.47.